The van der Waals surface area contributed by atoms with E-state index in [-0.39, 0.29) is 11.4 Å². The van der Waals surface area contributed by atoms with Crippen LogP contribution in [0.2, 0.25) is 0 Å². The van der Waals surface area contributed by atoms with Gasteiger partial charge in [-0.25, -0.2) is 0 Å². The van der Waals surface area contributed by atoms with Gasteiger partial charge in [0.05, 0.1) is 31.7 Å². The van der Waals surface area contributed by atoms with Crippen LogP contribution in [0.5, 0.6) is 0 Å². The summed E-state index contributed by atoms with van der Waals surface area (Å²) in [6, 6.07) is 8.53. The van der Waals surface area contributed by atoms with Gasteiger partial charge in [-0.1, -0.05) is 38.1 Å². The largest absolute Gasteiger partial charge is 0.466 e. The quantitative estimate of drug-likeness (QED) is 0.765. The van der Waals surface area contributed by atoms with Crippen molar-refractivity contribution in [1.29, 1.82) is 0 Å². The van der Waals surface area contributed by atoms with Gasteiger partial charge in [0.1, 0.15) is 0 Å². The highest BCUT2D eigenvalue weighted by Crippen LogP contribution is 2.36. The van der Waals surface area contributed by atoms with Crippen molar-refractivity contribution < 1.29 is 14.3 Å². The molecule has 0 atom stereocenters. The molecule has 0 radical (unpaired) electrons. The van der Waals surface area contributed by atoms with Crippen molar-refractivity contribution in [2.24, 2.45) is 0 Å². The number of ether oxygens (including phenoxy) is 2. The van der Waals surface area contributed by atoms with Gasteiger partial charge < -0.3 is 9.47 Å². The van der Waals surface area contributed by atoms with E-state index in [0.717, 1.165) is 0 Å². The summed E-state index contributed by atoms with van der Waals surface area (Å²) < 4.78 is 10.4. The van der Waals surface area contributed by atoms with Gasteiger partial charge in [-0.15, -0.1) is 0 Å². The second kappa shape index (κ2) is 5.74. The van der Waals surface area contributed by atoms with E-state index in [1.807, 2.05) is 6.92 Å². The van der Waals surface area contributed by atoms with E-state index in [0.29, 0.717) is 32.2 Å². The maximum Gasteiger partial charge on any atom is 0.306 e. The van der Waals surface area contributed by atoms with E-state index < -0.39 is 0 Å². The summed E-state index contributed by atoms with van der Waals surface area (Å²) in [6.45, 7) is 7.83. The Bertz CT molecular complexity index is 430. The van der Waals surface area contributed by atoms with Gasteiger partial charge in [0.25, 0.3) is 0 Å². The van der Waals surface area contributed by atoms with Crippen molar-refractivity contribution in [2.75, 3.05) is 19.8 Å². The van der Waals surface area contributed by atoms with E-state index in [1.54, 1.807) is 0 Å². The molecule has 0 N–H and O–H groups in total. The smallest absolute Gasteiger partial charge is 0.306 e. The molecule has 3 heteroatoms. The van der Waals surface area contributed by atoms with Crippen LogP contribution >= 0.6 is 0 Å². The summed E-state index contributed by atoms with van der Waals surface area (Å²) in [5.74, 6) is 0.381. The molecule has 1 saturated heterocycles. The molecule has 0 saturated carbocycles. The monoisotopic (exact) mass is 262 g/mol. The third-order valence-corrected chi connectivity index (χ3v) is 3.73. The molecule has 0 bridgehead atoms. The molecule has 0 aliphatic carbocycles. The molecule has 0 aromatic heterocycles. The Kier molecular flexibility index (Phi) is 4.25. The SMILES string of the molecule is CCOC(=O)CC1(c2ccc(C(C)C)cc2)COC1. The standard InChI is InChI=1S/C16H22O3/c1-4-19-15(17)9-16(10-18-11-16)14-7-5-13(6-8-14)12(2)3/h5-8,12H,4,9-11H2,1-3H3. The molecular weight excluding hydrogens is 240 g/mol. The minimum atomic E-state index is -0.179. The number of esters is 1. The van der Waals surface area contributed by atoms with Crippen LogP contribution in [-0.2, 0) is 19.7 Å². The Morgan fingerprint density at radius 2 is 1.95 bits per heavy atom. The average molecular weight is 262 g/mol. The minimum absolute atomic E-state index is 0.140. The topological polar surface area (TPSA) is 35.5 Å². The molecule has 0 amide bonds. The Balaban J connectivity index is 2.14. The molecule has 1 aliphatic rings. The van der Waals surface area contributed by atoms with Crippen molar-refractivity contribution in [3.8, 4) is 0 Å². The van der Waals surface area contributed by atoms with Crippen molar-refractivity contribution in [3.05, 3.63) is 35.4 Å². The third kappa shape index (κ3) is 2.98. The maximum absolute atomic E-state index is 11.7. The molecule has 2 rings (SSSR count). The lowest BCUT2D eigenvalue weighted by atomic mass is 9.75. The Morgan fingerprint density at radius 3 is 2.37 bits per heavy atom. The summed E-state index contributed by atoms with van der Waals surface area (Å²) >= 11 is 0. The first-order valence-electron chi connectivity index (χ1n) is 6.91. The molecule has 0 spiro atoms. The van der Waals surface area contributed by atoms with Crippen LogP contribution in [0.4, 0.5) is 0 Å². The normalized spacial score (nSPS) is 17.1. The van der Waals surface area contributed by atoms with Crippen LogP contribution in [0.1, 0.15) is 44.2 Å². The summed E-state index contributed by atoms with van der Waals surface area (Å²) in [5, 5.41) is 0. The molecule has 19 heavy (non-hydrogen) atoms. The van der Waals surface area contributed by atoms with E-state index >= 15 is 0 Å². The van der Waals surface area contributed by atoms with Crippen molar-refractivity contribution in [3.63, 3.8) is 0 Å². The molecule has 0 unspecified atom stereocenters. The molecule has 1 aliphatic heterocycles. The molecule has 3 nitrogen and oxygen atoms in total. The Labute approximate surface area is 114 Å². The van der Waals surface area contributed by atoms with Gasteiger partial charge in [0.2, 0.25) is 0 Å². The average Bonchev–Trinajstić information content (AvgIpc) is 2.34. The van der Waals surface area contributed by atoms with Crippen LogP contribution in [0.3, 0.4) is 0 Å². The first kappa shape index (κ1) is 14.1. The molecule has 1 aromatic rings. The summed E-state index contributed by atoms with van der Waals surface area (Å²) in [4.78, 5) is 11.7. The van der Waals surface area contributed by atoms with Crippen molar-refractivity contribution >= 4 is 5.97 Å². The van der Waals surface area contributed by atoms with Gasteiger partial charge in [0.15, 0.2) is 0 Å². The molecular formula is C16H22O3. The Morgan fingerprint density at radius 1 is 1.32 bits per heavy atom. The highest BCUT2D eigenvalue weighted by atomic mass is 16.5. The van der Waals surface area contributed by atoms with Gasteiger partial charge in [0, 0.05) is 0 Å². The number of carbonyl (C=O) groups excluding carboxylic acids is 1. The number of carbonyl (C=O) groups is 1. The molecule has 1 fully saturated rings. The number of hydrogen-bond donors (Lipinski definition) is 0. The van der Waals surface area contributed by atoms with Gasteiger partial charge in [-0.05, 0) is 24.0 Å². The fourth-order valence-electron chi connectivity index (χ4n) is 2.43. The lowest BCUT2D eigenvalue weighted by Gasteiger charge is -2.41. The maximum atomic E-state index is 11.7. The summed E-state index contributed by atoms with van der Waals surface area (Å²) in [5.41, 5.74) is 2.31. The first-order valence-corrected chi connectivity index (χ1v) is 6.91. The van der Waals surface area contributed by atoms with E-state index in [1.165, 1.54) is 11.1 Å². The van der Waals surface area contributed by atoms with Gasteiger partial charge in [-0.3, -0.25) is 4.79 Å². The predicted molar refractivity (Wildman–Crippen MR) is 74.3 cm³/mol. The zero-order valence-corrected chi connectivity index (χ0v) is 11.9. The zero-order valence-electron chi connectivity index (χ0n) is 11.9. The van der Waals surface area contributed by atoms with E-state index in [9.17, 15) is 4.79 Å². The van der Waals surface area contributed by atoms with E-state index in [4.69, 9.17) is 9.47 Å². The number of benzene rings is 1. The van der Waals surface area contributed by atoms with Crippen LogP contribution in [0.25, 0.3) is 0 Å². The highest BCUT2D eigenvalue weighted by molar-refractivity contribution is 5.72. The number of rotatable bonds is 5. The third-order valence-electron chi connectivity index (χ3n) is 3.73. The zero-order chi connectivity index (χ0) is 13.9. The summed E-state index contributed by atoms with van der Waals surface area (Å²) in [6.07, 6.45) is 0.405. The fourth-order valence-corrected chi connectivity index (χ4v) is 2.43. The molecule has 1 heterocycles. The summed E-state index contributed by atoms with van der Waals surface area (Å²) in [7, 11) is 0. The van der Waals surface area contributed by atoms with E-state index in [2.05, 4.69) is 38.1 Å². The highest BCUT2D eigenvalue weighted by Gasteiger charge is 2.42. The lowest BCUT2D eigenvalue weighted by Crippen LogP contribution is -2.48. The lowest BCUT2D eigenvalue weighted by molar-refractivity contribution is -0.151. The minimum Gasteiger partial charge on any atom is -0.466 e. The van der Waals surface area contributed by atoms with Crippen molar-refractivity contribution in [1.82, 2.24) is 0 Å². The van der Waals surface area contributed by atoms with Crippen LogP contribution in [0, 0.1) is 0 Å². The van der Waals surface area contributed by atoms with Gasteiger partial charge in [-0.2, -0.15) is 0 Å². The fraction of sp³-hybridized carbons (Fsp3) is 0.562. The second-order valence-electron chi connectivity index (χ2n) is 5.53. The van der Waals surface area contributed by atoms with Crippen molar-refractivity contribution in [2.45, 2.75) is 38.5 Å². The van der Waals surface area contributed by atoms with Crippen LogP contribution < -0.4 is 0 Å². The Hall–Kier alpha value is -1.35. The molecule has 1 aromatic carbocycles. The van der Waals surface area contributed by atoms with Gasteiger partial charge >= 0.3 is 5.97 Å². The number of hydrogen-bond acceptors (Lipinski definition) is 3. The first-order chi connectivity index (χ1) is 9.07. The van der Waals surface area contributed by atoms with Crippen LogP contribution in [-0.4, -0.2) is 25.8 Å². The second-order valence-corrected chi connectivity index (χ2v) is 5.53. The predicted octanol–water partition coefficient (Wildman–Crippen LogP) is 3.03. The molecule has 104 valence electrons. The van der Waals surface area contributed by atoms with Crippen LogP contribution in [0.15, 0.2) is 24.3 Å².